The van der Waals surface area contributed by atoms with Crippen molar-refractivity contribution < 1.29 is 23.2 Å². The number of hydrogen-bond donors (Lipinski definition) is 1. The Balaban J connectivity index is 1.64. The van der Waals surface area contributed by atoms with Gasteiger partial charge in [0.15, 0.2) is 0 Å². The predicted molar refractivity (Wildman–Crippen MR) is 90.4 cm³/mol. The number of rotatable bonds is 4. The van der Waals surface area contributed by atoms with Crippen molar-refractivity contribution in [1.29, 1.82) is 0 Å². The van der Waals surface area contributed by atoms with E-state index in [0.29, 0.717) is 5.69 Å². The fourth-order valence-electron chi connectivity index (χ4n) is 2.62. The second kappa shape index (κ2) is 7.30. The highest BCUT2D eigenvalue weighted by molar-refractivity contribution is 6.41. The molecular weight excluding hydrogens is 344 g/mol. The summed E-state index contributed by atoms with van der Waals surface area (Å²) in [4.78, 5) is 38.9. The molecule has 26 heavy (non-hydrogen) atoms. The number of amides is 3. The van der Waals surface area contributed by atoms with E-state index in [1.165, 1.54) is 47.4 Å². The second-order valence-electron chi connectivity index (χ2n) is 5.69. The minimum atomic E-state index is -0.843. The van der Waals surface area contributed by atoms with Gasteiger partial charge in [0.1, 0.15) is 18.2 Å². The normalized spacial score (nSPS) is 14.5. The number of halogens is 2. The quantitative estimate of drug-likeness (QED) is 0.846. The standard InChI is InChI=1S/C18H15F2N3O3/c19-12-5-7-13(8-6-12)23-10-9-22(17(25)18(23)26)11-16(24)21-15-4-2-1-3-14(15)20/h1-8H,9-11H2,(H,21,24). The van der Waals surface area contributed by atoms with Gasteiger partial charge < -0.3 is 15.1 Å². The van der Waals surface area contributed by atoms with E-state index in [4.69, 9.17) is 0 Å². The van der Waals surface area contributed by atoms with Crippen LogP contribution in [-0.4, -0.2) is 42.3 Å². The molecule has 0 atom stereocenters. The van der Waals surface area contributed by atoms with E-state index >= 15 is 0 Å². The molecular formula is C18H15F2N3O3. The fraction of sp³-hybridized carbons (Fsp3) is 0.167. The van der Waals surface area contributed by atoms with Crippen LogP contribution in [0.5, 0.6) is 0 Å². The zero-order valence-electron chi connectivity index (χ0n) is 13.6. The molecule has 1 N–H and O–H groups in total. The van der Waals surface area contributed by atoms with Crippen LogP contribution in [-0.2, 0) is 14.4 Å². The number of carbonyl (C=O) groups excluding carboxylic acids is 3. The van der Waals surface area contributed by atoms with Crippen LogP contribution in [0.3, 0.4) is 0 Å². The number of para-hydroxylation sites is 1. The monoisotopic (exact) mass is 359 g/mol. The smallest absolute Gasteiger partial charge is 0.316 e. The molecule has 0 radical (unpaired) electrons. The lowest BCUT2D eigenvalue weighted by Crippen LogP contribution is -2.56. The Morgan fingerprint density at radius 3 is 2.35 bits per heavy atom. The summed E-state index contributed by atoms with van der Waals surface area (Å²) in [6.07, 6.45) is 0. The molecule has 0 aromatic heterocycles. The Morgan fingerprint density at radius 2 is 1.65 bits per heavy atom. The van der Waals surface area contributed by atoms with Crippen LogP contribution in [0, 0.1) is 11.6 Å². The molecule has 0 saturated carbocycles. The number of piperazine rings is 1. The van der Waals surface area contributed by atoms with Gasteiger partial charge in [-0.05, 0) is 36.4 Å². The van der Waals surface area contributed by atoms with Crippen LogP contribution in [0.15, 0.2) is 48.5 Å². The molecule has 1 saturated heterocycles. The maximum Gasteiger partial charge on any atom is 0.316 e. The average molecular weight is 359 g/mol. The first-order chi connectivity index (χ1) is 12.5. The molecule has 1 fully saturated rings. The number of hydrogen-bond acceptors (Lipinski definition) is 3. The Bertz CT molecular complexity index is 855. The SMILES string of the molecule is O=C(CN1CCN(c2ccc(F)cc2)C(=O)C1=O)Nc1ccccc1F. The number of benzene rings is 2. The summed E-state index contributed by atoms with van der Waals surface area (Å²) in [6, 6.07) is 10.8. The summed E-state index contributed by atoms with van der Waals surface area (Å²) in [7, 11) is 0. The van der Waals surface area contributed by atoms with E-state index in [1.807, 2.05) is 0 Å². The van der Waals surface area contributed by atoms with E-state index in [9.17, 15) is 23.2 Å². The maximum atomic E-state index is 13.6. The molecule has 0 aliphatic carbocycles. The third kappa shape index (κ3) is 3.69. The second-order valence-corrected chi connectivity index (χ2v) is 5.69. The van der Waals surface area contributed by atoms with Gasteiger partial charge in [-0.2, -0.15) is 0 Å². The van der Waals surface area contributed by atoms with E-state index in [1.54, 1.807) is 6.07 Å². The molecule has 2 aromatic rings. The molecule has 1 aliphatic rings. The van der Waals surface area contributed by atoms with Gasteiger partial charge in [-0.25, -0.2) is 8.78 Å². The molecule has 0 bridgehead atoms. The van der Waals surface area contributed by atoms with Crippen molar-refractivity contribution in [3.8, 4) is 0 Å². The summed E-state index contributed by atoms with van der Waals surface area (Å²) < 4.78 is 26.5. The fourth-order valence-corrected chi connectivity index (χ4v) is 2.62. The summed E-state index contributed by atoms with van der Waals surface area (Å²) in [5, 5.41) is 2.37. The topological polar surface area (TPSA) is 69.7 Å². The molecule has 1 aliphatic heterocycles. The Labute approximate surface area is 148 Å². The molecule has 3 amide bonds. The lowest BCUT2D eigenvalue weighted by Gasteiger charge is -2.33. The van der Waals surface area contributed by atoms with Crippen molar-refractivity contribution in [1.82, 2.24) is 4.90 Å². The lowest BCUT2D eigenvalue weighted by atomic mass is 10.2. The van der Waals surface area contributed by atoms with Crippen molar-refractivity contribution in [3.63, 3.8) is 0 Å². The number of anilines is 2. The van der Waals surface area contributed by atoms with Crippen LogP contribution in [0.4, 0.5) is 20.2 Å². The maximum absolute atomic E-state index is 13.6. The third-order valence-electron chi connectivity index (χ3n) is 3.93. The van der Waals surface area contributed by atoms with E-state index in [0.717, 1.165) is 4.90 Å². The summed E-state index contributed by atoms with van der Waals surface area (Å²) in [6.45, 7) is -0.0635. The third-order valence-corrected chi connectivity index (χ3v) is 3.93. The molecule has 134 valence electrons. The summed E-state index contributed by atoms with van der Waals surface area (Å²) >= 11 is 0. The Kier molecular flexibility index (Phi) is 4.92. The first kappa shape index (κ1) is 17.5. The molecule has 1 heterocycles. The molecule has 0 spiro atoms. The number of nitrogens with zero attached hydrogens (tertiary/aromatic N) is 2. The average Bonchev–Trinajstić information content (AvgIpc) is 2.62. The molecule has 2 aromatic carbocycles. The van der Waals surface area contributed by atoms with Crippen molar-refractivity contribution >= 4 is 29.1 Å². The van der Waals surface area contributed by atoms with Crippen LogP contribution in [0.1, 0.15) is 0 Å². The van der Waals surface area contributed by atoms with Gasteiger partial charge in [0, 0.05) is 18.8 Å². The van der Waals surface area contributed by atoms with E-state index < -0.39 is 29.4 Å². The van der Waals surface area contributed by atoms with Gasteiger partial charge >= 0.3 is 11.8 Å². The highest BCUT2D eigenvalue weighted by Crippen LogP contribution is 2.18. The molecule has 8 heteroatoms. The minimum Gasteiger partial charge on any atom is -0.323 e. The Hall–Kier alpha value is -3.29. The van der Waals surface area contributed by atoms with Crippen LogP contribution in [0.25, 0.3) is 0 Å². The predicted octanol–water partition coefficient (Wildman–Crippen LogP) is 1.78. The van der Waals surface area contributed by atoms with E-state index in [-0.39, 0.29) is 25.3 Å². The zero-order valence-corrected chi connectivity index (χ0v) is 13.6. The lowest BCUT2D eigenvalue weighted by molar-refractivity contribution is -0.147. The number of nitrogens with one attached hydrogen (secondary N) is 1. The van der Waals surface area contributed by atoms with Crippen LogP contribution < -0.4 is 10.2 Å². The van der Waals surface area contributed by atoms with Gasteiger partial charge in [-0.15, -0.1) is 0 Å². The summed E-state index contributed by atoms with van der Waals surface area (Å²) in [5.74, 6) is -3.29. The van der Waals surface area contributed by atoms with E-state index in [2.05, 4.69) is 5.32 Å². The van der Waals surface area contributed by atoms with Crippen molar-refractivity contribution in [2.45, 2.75) is 0 Å². The van der Waals surface area contributed by atoms with Gasteiger partial charge in [0.2, 0.25) is 5.91 Å². The van der Waals surface area contributed by atoms with Gasteiger partial charge in [-0.3, -0.25) is 14.4 Å². The molecule has 3 rings (SSSR count). The van der Waals surface area contributed by atoms with Crippen molar-refractivity contribution in [2.75, 3.05) is 29.9 Å². The Morgan fingerprint density at radius 1 is 0.962 bits per heavy atom. The van der Waals surface area contributed by atoms with Crippen molar-refractivity contribution in [3.05, 3.63) is 60.2 Å². The van der Waals surface area contributed by atoms with Crippen molar-refractivity contribution in [2.24, 2.45) is 0 Å². The highest BCUT2D eigenvalue weighted by atomic mass is 19.1. The van der Waals surface area contributed by atoms with Crippen LogP contribution >= 0.6 is 0 Å². The van der Waals surface area contributed by atoms with Gasteiger partial charge in [-0.1, -0.05) is 12.1 Å². The molecule has 0 unspecified atom stereocenters. The summed E-state index contributed by atoms with van der Waals surface area (Å²) in [5.41, 5.74) is 0.404. The molecule has 6 nitrogen and oxygen atoms in total. The van der Waals surface area contributed by atoms with Crippen LogP contribution in [0.2, 0.25) is 0 Å². The van der Waals surface area contributed by atoms with Gasteiger partial charge in [0.25, 0.3) is 0 Å². The first-order valence-electron chi connectivity index (χ1n) is 7.86. The van der Waals surface area contributed by atoms with Gasteiger partial charge in [0.05, 0.1) is 5.69 Å². The highest BCUT2D eigenvalue weighted by Gasteiger charge is 2.34. The minimum absolute atomic E-state index is 0.00113. The zero-order chi connectivity index (χ0) is 18.7. The first-order valence-corrected chi connectivity index (χ1v) is 7.86. The number of carbonyl (C=O) groups is 3. The largest absolute Gasteiger partial charge is 0.323 e.